The Labute approximate surface area is 68.9 Å². The van der Waals surface area contributed by atoms with Gasteiger partial charge in [-0.05, 0) is 0 Å². The molecule has 70 valence electrons. The van der Waals surface area contributed by atoms with E-state index in [1.54, 1.807) is 13.8 Å². The molecule has 0 aliphatic carbocycles. The molecule has 0 heterocycles. The summed E-state index contributed by atoms with van der Waals surface area (Å²) in [7, 11) is 0. The van der Waals surface area contributed by atoms with Gasteiger partial charge in [-0.25, -0.2) is 0 Å². The molecular weight excluding hydrogens is 168 g/mol. The van der Waals surface area contributed by atoms with Crippen LogP contribution >= 0.6 is 0 Å². The zero-order chi connectivity index (χ0) is 9.72. The first-order valence-electron chi connectivity index (χ1n) is 3.31. The third-order valence-electron chi connectivity index (χ3n) is 0.987. The summed E-state index contributed by atoms with van der Waals surface area (Å²) < 4.78 is 26.7. The third kappa shape index (κ3) is 4.59. The van der Waals surface area contributed by atoms with E-state index >= 15 is 0 Å². The van der Waals surface area contributed by atoms with Crippen molar-refractivity contribution >= 4 is 11.9 Å². The maximum absolute atomic E-state index is 11.5. The molecule has 3 N–H and O–H groups in total. The van der Waals surface area contributed by atoms with Crippen LogP contribution in [0.5, 0.6) is 0 Å². The van der Waals surface area contributed by atoms with Crippen LogP contribution in [0.3, 0.4) is 0 Å². The lowest BCUT2D eigenvalue weighted by Crippen LogP contribution is -2.21. The minimum absolute atomic E-state index is 0.0897. The van der Waals surface area contributed by atoms with E-state index in [0.29, 0.717) is 0 Å². The van der Waals surface area contributed by atoms with Crippen molar-refractivity contribution in [3.63, 3.8) is 0 Å². The molecule has 0 aliphatic rings. The first-order valence-corrected chi connectivity index (χ1v) is 3.31. The van der Waals surface area contributed by atoms with E-state index in [4.69, 9.17) is 11.1 Å². The predicted molar refractivity (Wildman–Crippen MR) is 41.3 cm³/mol. The molecule has 0 saturated carbocycles. The van der Waals surface area contributed by atoms with Gasteiger partial charge in [0.05, 0.1) is 0 Å². The molecule has 0 aromatic rings. The third-order valence-corrected chi connectivity index (χ3v) is 0.987. The van der Waals surface area contributed by atoms with Gasteiger partial charge in [0.2, 0.25) is 0 Å². The number of hydrogen-bond donors (Lipinski definition) is 2. The van der Waals surface area contributed by atoms with Crippen LogP contribution in [-0.2, 0) is 4.74 Å². The molecule has 0 radical (unpaired) electrons. The Hall–Kier alpha value is -1.20. The summed E-state index contributed by atoms with van der Waals surface area (Å²) >= 11 is 0. The number of halogens is 2. The van der Waals surface area contributed by atoms with Crippen LogP contribution in [0.4, 0.5) is 8.78 Å². The summed E-state index contributed by atoms with van der Waals surface area (Å²) in [5.41, 5.74) is 4.92. The summed E-state index contributed by atoms with van der Waals surface area (Å²) in [6.07, 6.45) is 0. The molecule has 0 unspecified atom stereocenters. The monoisotopic (exact) mass is 179 g/mol. The highest BCUT2D eigenvalue weighted by atomic mass is 19.3. The largest absolute Gasteiger partial charge is 0.403 e. The average molecular weight is 179 g/mol. The molecule has 12 heavy (non-hydrogen) atoms. The van der Waals surface area contributed by atoms with Gasteiger partial charge in [0.25, 0.3) is 6.02 Å². The molecule has 6 heteroatoms. The van der Waals surface area contributed by atoms with Crippen molar-refractivity contribution in [1.29, 1.82) is 5.41 Å². The number of aliphatic imine (C=N–C) groups is 1. The van der Waals surface area contributed by atoms with Crippen molar-refractivity contribution in [3.8, 4) is 0 Å². The lowest BCUT2D eigenvalue weighted by Gasteiger charge is -2.04. The number of alkyl halides is 2. The van der Waals surface area contributed by atoms with Gasteiger partial charge < -0.3 is 10.5 Å². The molecule has 0 aliphatic heterocycles. The van der Waals surface area contributed by atoms with Crippen LogP contribution in [0.2, 0.25) is 0 Å². The highest BCUT2D eigenvalue weighted by Gasteiger charge is 2.07. The highest BCUT2D eigenvalue weighted by molar-refractivity contribution is 5.92. The number of amidine groups is 2. The van der Waals surface area contributed by atoms with Gasteiger partial charge in [0.15, 0.2) is 0 Å². The minimum Gasteiger partial charge on any atom is -0.403 e. The van der Waals surface area contributed by atoms with Crippen LogP contribution in [0.25, 0.3) is 0 Å². The van der Waals surface area contributed by atoms with Gasteiger partial charge in [-0.1, -0.05) is 13.8 Å². The molecule has 0 saturated heterocycles. The fourth-order valence-corrected chi connectivity index (χ4v) is 0.365. The first-order chi connectivity index (χ1) is 5.43. The molecule has 0 aromatic heterocycles. The second-order valence-electron chi connectivity index (χ2n) is 2.37. The topological polar surface area (TPSA) is 71.5 Å². The Bertz CT molecular complexity index is 191. The maximum atomic E-state index is 11.5. The maximum Gasteiger partial charge on any atom is 0.389 e. The summed E-state index contributed by atoms with van der Waals surface area (Å²) in [5.74, 6) is -0.252. The molecule has 0 bridgehead atoms. The Balaban J connectivity index is 4.07. The lowest BCUT2D eigenvalue weighted by atomic mass is 10.2. The van der Waals surface area contributed by atoms with Crippen molar-refractivity contribution < 1.29 is 13.5 Å². The van der Waals surface area contributed by atoms with Crippen molar-refractivity contribution in [2.45, 2.75) is 20.5 Å². The van der Waals surface area contributed by atoms with E-state index in [1.165, 1.54) is 0 Å². The SMILES string of the molecule is CC(C)C(=N)N=C(N)OC(F)F. The first kappa shape index (κ1) is 10.8. The number of nitrogens with two attached hydrogens (primary N) is 1. The molecule has 4 nitrogen and oxygen atoms in total. The fourth-order valence-electron chi connectivity index (χ4n) is 0.365. The van der Waals surface area contributed by atoms with Crippen molar-refractivity contribution in [2.75, 3.05) is 0 Å². The van der Waals surface area contributed by atoms with E-state index < -0.39 is 12.6 Å². The predicted octanol–water partition coefficient (Wildman–Crippen LogP) is 1.17. The Kier molecular flexibility index (Phi) is 4.17. The van der Waals surface area contributed by atoms with Crippen molar-refractivity contribution in [3.05, 3.63) is 0 Å². The molecule has 0 atom stereocenters. The van der Waals surface area contributed by atoms with Gasteiger partial charge in [-0.2, -0.15) is 13.8 Å². The van der Waals surface area contributed by atoms with E-state index in [0.717, 1.165) is 0 Å². The average Bonchev–Trinajstić information content (AvgIpc) is 1.84. The number of hydrogen-bond acceptors (Lipinski definition) is 2. The van der Waals surface area contributed by atoms with E-state index in [-0.39, 0.29) is 11.8 Å². The van der Waals surface area contributed by atoms with Crippen molar-refractivity contribution in [2.24, 2.45) is 16.6 Å². The normalized spacial score (nSPS) is 12.3. The smallest absolute Gasteiger partial charge is 0.389 e. The number of nitrogens with one attached hydrogen (secondary N) is 1. The summed E-state index contributed by atoms with van der Waals surface area (Å²) in [5, 5.41) is 7.13. The Morgan fingerprint density at radius 2 is 2.00 bits per heavy atom. The summed E-state index contributed by atoms with van der Waals surface area (Å²) in [6, 6.07) is -0.677. The molecule has 0 aromatic carbocycles. The second-order valence-corrected chi connectivity index (χ2v) is 2.37. The molecule has 0 fully saturated rings. The van der Waals surface area contributed by atoms with Gasteiger partial charge in [-0.15, -0.1) is 0 Å². The van der Waals surface area contributed by atoms with Gasteiger partial charge >= 0.3 is 6.61 Å². The van der Waals surface area contributed by atoms with Crippen LogP contribution in [0.15, 0.2) is 4.99 Å². The number of nitrogens with zero attached hydrogens (tertiary/aromatic N) is 1. The van der Waals surface area contributed by atoms with E-state index in [9.17, 15) is 8.78 Å². The van der Waals surface area contributed by atoms with Crippen LogP contribution < -0.4 is 5.73 Å². The Morgan fingerprint density at radius 3 is 2.33 bits per heavy atom. The minimum atomic E-state index is -2.99. The lowest BCUT2D eigenvalue weighted by molar-refractivity contribution is -0.0612. The molecular formula is C6H11F2N3O. The number of rotatable bonds is 2. The van der Waals surface area contributed by atoms with E-state index in [2.05, 4.69) is 9.73 Å². The van der Waals surface area contributed by atoms with Crippen LogP contribution in [0, 0.1) is 11.3 Å². The molecule has 0 spiro atoms. The van der Waals surface area contributed by atoms with Gasteiger partial charge in [0, 0.05) is 5.92 Å². The Morgan fingerprint density at radius 1 is 1.50 bits per heavy atom. The summed E-state index contributed by atoms with van der Waals surface area (Å²) in [4.78, 5) is 3.29. The zero-order valence-electron chi connectivity index (χ0n) is 6.84. The van der Waals surface area contributed by atoms with Gasteiger partial charge in [0.1, 0.15) is 5.84 Å². The quantitative estimate of drug-likeness (QED) is 0.493. The standard InChI is InChI=1S/C6H11F2N3O/c1-3(2)4(9)11-6(10)12-5(7)8/h3,5H,1-2H3,(H3,9,10,11). The number of ether oxygens (including phenoxy) is 1. The second kappa shape index (κ2) is 4.63. The van der Waals surface area contributed by atoms with Gasteiger partial charge in [-0.3, -0.25) is 5.41 Å². The fraction of sp³-hybridized carbons (Fsp3) is 0.667. The van der Waals surface area contributed by atoms with E-state index in [1.807, 2.05) is 0 Å². The highest BCUT2D eigenvalue weighted by Crippen LogP contribution is 1.98. The summed E-state index contributed by atoms with van der Waals surface area (Å²) in [6.45, 7) is 0.400. The molecule has 0 amide bonds. The van der Waals surface area contributed by atoms with Crippen LogP contribution in [-0.4, -0.2) is 18.5 Å². The van der Waals surface area contributed by atoms with Crippen molar-refractivity contribution in [1.82, 2.24) is 0 Å². The zero-order valence-corrected chi connectivity index (χ0v) is 6.84. The molecule has 0 rings (SSSR count). The van der Waals surface area contributed by atoms with Crippen LogP contribution in [0.1, 0.15) is 13.8 Å².